The third kappa shape index (κ3) is 4.99. The van der Waals surface area contributed by atoms with Crippen molar-refractivity contribution >= 4 is 23.2 Å². The number of hydrogen-bond donors (Lipinski definition) is 2. The zero-order chi connectivity index (χ0) is 18.6. The number of rotatable bonds is 7. The van der Waals surface area contributed by atoms with E-state index >= 15 is 0 Å². The van der Waals surface area contributed by atoms with Crippen LogP contribution in [0.15, 0.2) is 24.3 Å². The second kappa shape index (κ2) is 8.06. The van der Waals surface area contributed by atoms with E-state index in [4.69, 9.17) is 9.84 Å². The minimum absolute atomic E-state index is 0.158. The number of nitrogens with one attached hydrogen (secondary N) is 1. The van der Waals surface area contributed by atoms with Crippen LogP contribution in [0.2, 0.25) is 0 Å². The van der Waals surface area contributed by atoms with Crippen molar-refractivity contribution in [2.45, 2.75) is 33.4 Å². The molecule has 0 bridgehead atoms. The number of amides is 1. The molecular formula is C17H19FN2O4S. The molecule has 6 nitrogen and oxygen atoms in total. The average molecular weight is 366 g/mol. The van der Waals surface area contributed by atoms with Crippen LogP contribution in [0.4, 0.5) is 4.39 Å². The first-order chi connectivity index (χ1) is 11.8. The van der Waals surface area contributed by atoms with Crippen molar-refractivity contribution in [3.8, 4) is 5.75 Å². The highest BCUT2D eigenvalue weighted by Crippen LogP contribution is 2.21. The van der Waals surface area contributed by atoms with Crippen LogP contribution in [0.25, 0.3) is 0 Å². The van der Waals surface area contributed by atoms with Gasteiger partial charge in [0.1, 0.15) is 28.1 Å². The number of carboxylic acids is 1. The van der Waals surface area contributed by atoms with E-state index in [1.807, 2.05) is 0 Å². The summed E-state index contributed by atoms with van der Waals surface area (Å²) in [4.78, 5) is 28.0. The first kappa shape index (κ1) is 18.9. The first-order valence-corrected chi connectivity index (χ1v) is 8.48. The number of ether oxygens (including phenoxy) is 1. The second-order valence-corrected chi connectivity index (χ2v) is 6.74. The van der Waals surface area contributed by atoms with Crippen LogP contribution in [0.1, 0.15) is 34.2 Å². The summed E-state index contributed by atoms with van der Waals surface area (Å²) in [5.74, 6) is -1.87. The van der Waals surface area contributed by atoms with Crippen LogP contribution in [-0.2, 0) is 11.4 Å². The molecule has 0 fully saturated rings. The molecule has 2 aromatic rings. The maximum Gasteiger partial charge on any atom is 0.308 e. The number of halogens is 1. The zero-order valence-corrected chi connectivity index (χ0v) is 14.9. The van der Waals surface area contributed by atoms with Gasteiger partial charge in [0.15, 0.2) is 0 Å². The Balaban J connectivity index is 2.00. The number of benzene rings is 1. The van der Waals surface area contributed by atoms with Gasteiger partial charge in [-0.2, -0.15) is 0 Å². The van der Waals surface area contributed by atoms with Gasteiger partial charge in [0, 0.05) is 6.04 Å². The Morgan fingerprint density at radius 3 is 2.56 bits per heavy atom. The Hall–Kier alpha value is -2.48. The van der Waals surface area contributed by atoms with Gasteiger partial charge in [0.25, 0.3) is 5.91 Å². The average Bonchev–Trinajstić information content (AvgIpc) is 2.94. The van der Waals surface area contributed by atoms with Crippen molar-refractivity contribution < 1.29 is 23.8 Å². The number of aliphatic carboxylic acids is 1. The van der Waals surface area contributed by atoms with E-state index in [1.165, 1.54) is 42.5 Å². The fourth-order valence-electron chi connectivity index (χ4n) is 2.01. The van der Waals surface area contributed by atoms with E-state index < -0.39 is 17.9 Å². The van der Waals surface area contributed by atoms with E-state index in [0.717, 1.165) is 0 Å². The molecule has 1 amide bonds. The monoisotopic (exact) mass is 366 g/mol. The Morgan fingerprint density at radius 2 is 1.96 bits per heavy atom. The van der Waals surface area contributed by atoms with Crippen LogP contribution in [0, 0.1) is 18.7 Å². The Bertz CT molecular complexity index is 761. The van der Waals surface area contributed by atoms with Gasteiger partial charge in [-0.3, -0.25) is 9.59 Å². The summed E-state index contributed by atoms with van der Waals surface area (Å²) in [7, 11) is 0. The summed E-state index contributed by atoms with van der Waals surface area (Å²) < 4.78 is 18.4. The summed E-state index contributed by atoms with van der Waals surface area (Å²) in [6.45, 7) is 5.05. The van der Waals surface area contributed by atoms with Crippen molar-refractivity contribution in [3.05, 3.63) is 45.7 Å². The number of carbonyl (C=O) groups is 2. The number of aromatic nitrogens is 1. The Morgan fingerprint density at radius 1 is 1.32 bits per heavy atom. The van der Waals surface area contributed by atoms with Crippen molar-refractivity contribution in [3.63, 3.8) is 0 Å². The maximum atomic E-state index is 12.9. The highest BCUT2D eigenvalue weighted by Gasteiger charge is 2.23. The molecule has 8 heteroatoms. The third-order valence-corrected chi connectivity index (χ3v) is 4.85. The van der Waals surface area contributed by atoms with Gasteiger partial charge in [-0.1, -0.05) is 0 Å². The molecule has 2 rings (SSSR count). The molecule has 2 atom stereocenters. The molecule has 1 aromatic carbocycles. The number of aryl methyl sites for hydroxylation is 1. The molecule has 1 aromatic heterocycles. The number of carboxylic acid groups (broad SMARTS) is 1. The van der Waals surface area contributed by atoms with E-state index in [0.29, 0.717) is 21.3 Å². The molecule has 2 N–H and O–H groups in total. The zero-order valence-electron chi connectivity index (χ0n) is 14.1. The molecule has 25 heavy (non-hydrogen) atoms. The summed E-state index contributed by atoms with van der Waals surface area (Å²) >= 11 is 1.18. The van der Waals surface area contributed by atoms with Crippen molar-refractivity contribution in [2.75, 3.05) is 0 Å². The number of thiazole rings is 1. The van der Waals surface area contributed by atoms with Crippen LogP contribution >= 0.6 is 11.3 Å². The molecule has 2 unspecified atom stereocenters. The fraction of sp³-hybridized carbons (Fsp3) is 0.353. The second-order valence-electron chi connectivity index (χ2n) is 5.65. The van der Waals surface area contributed by atoms with Gasteiger partial charge in [-0.15, -0.1) is 11.3 Å². The molecule has 134 valence electrons. The van der Waals surface area contributed by atoms with Gasteiger partial charge in [0.2, 0.25) is 0 Å². The van der Waals surface area contributed by atoms with Crippen molar-refractivity contribution in [1.29, 1.82) is 0 Å². The summed E-state index contributed by atoms with van der Waals surface area (Å²) in [5.41, 5.74) is 0.551. The van der Waals surface area contributed by atoms with Crippen LogP contribution in [0.3, 0.4) is 0 Å². The maximum absolute atomic E-state index is 12.9. The third-order valence-electron chi connectivity index (χ3n) is 3.72. The minimum atomic E-state index is -0.970. The van der Waals surface area contributed by atoms with Gasteiger partial charge in [0.05, 0.1) is 11.6 Å². The smallest absolute Gasteiger partial charge is 0.308 e. The molecule has 0 aliphatic carbocycles. The first-order valence-electron chi connectivity index (χ1n) is 7.66. The Labute approximate surface area is 148 Å². The lowest BCUT2D eigenvalue weighted by Gasteiger charge is -2.17. The molecule has 0 radical (unpaired) electrons. The van der Waals surface area contributed by atoms with Gasteiger partial charge < -0.3 is 15.2 Å². The molecule has 0 saturated heterocycles. The van der Waals surface area contributed by atoms with E-state index in [2.05, 4.69) is 10.3 Å². The predicted octanol–water partition coefficient (Wildman–Crippen LogP) is 3.01. The summed E-state index contributed by atoms with van der Waals surface area (Å²) in [6, 6.07) is 5.11. The molecular weight excluding hydrogens is 347 g/mol. The minimum Gasteiger partial charge on any atom is -0.486 e. The lowest BCUT2D eigenvalue weighted by atomic mass is 10.0. The molecule has 1 heterocycles. The van der Waals surface area contributed by atoms with E-state index in [1.54, 1.807) is 13.8 Å². The number of nitrogens with zero attached hydrogens (tertiary/aromatic N) is 1. The standard InChI is InChI=1S/C17H19FN2O4S/c1-9(17(22)23)10(2)20-16(21)15-11(3)19-14(25-15)8-24-13-6-4-12(18)5-7-13/h4-7,9-10H,8H2,1-3H3,(H,20,21)(H,22,23). The largest absolute Gasteiger partial charge is 0.486 e. The quantitative estimate of drug-likeness (QED) is 0.786. The van der Waals surface area contributed by atoms with Crippen molar-refractivity contribution in [2.24, 2.45) is 5.92 Å². The van der Waals surface area contributed by atoms with E-state index in [9.17, 15) is 14.0 Å². The van der Waals surface area contributed by atoms with Gasteiger partial charge >= 0.3 is 5.97 Å². The highest BCUT2D eigenvalue weighted by atomic mass is 32.1. The lowest BCUT2D eigenvalue weighted by Crippen LogP contribution is -2.39. The predicted molar refractivity (Wildman–Crippen MR) is 91.3 cm³/mol. The van der Waals surface area contributed by atoms with Crippen LogP contribution in [-0.4, -0.2) is 28.0 Å². The number of carbonyl (C=O) groups excluding carboxylic acids is 1. The lowest BCUT2D eigenvalue weighted by molar-refractivity contribution is -0.141. The summed E-state index contributed by atoms with van der Waals surface area (Å²) in [6.07, 6.45) is 0. The van der Waals surface area contributed by atoms with E-state index in [-0.39, 0.29) is 18.3 Å². The SMILES string of the molecule is Cc1nc(COc2ccc(F)cc2)sc1C(=O)NC(C)C(C)C(=O)O. The van der Waals surface area contributed by atoms with Gasteiger partial charge in [-0.25, -0.2) is 9.37 Å². The summed E-state index contributed by atoms with van der Waals surface area (Å²) in [5, 5.41) is 12.3. The van der Waals surface area contributed by atoms with Crippen LogP contribution in [0.5, 0.6) is 5.75 Å². The molecule has 0 aliphatic heterocycles. The topological polar surface area (TPSA) is 88.5 Å². The fourth-order valence-corrected chi connectivity index (χ4v) is 2.89. The van der Waals surface area contributed by atoms with Gasteiger partial charge in [-0.05, 0) is 45.0 Å². The molecule has 0 aliphatic rings. The Kier molecular flexibility index (Phi) is 6.08. The molecule has 0 spiro atoms. The molecule has 0 saturated carbocycles. The number of hydrogen-bond acceptors (Lipinski definition) is 5. The van der Waals surface area contributed by atoms with Crippen molar-refractivity contribution in [1.82, 2.24) is 10.3 Å². The highest BCUT2D eigenvalue weighted by molar-refractivity contribution is 7.13. The normalized spacial score (nSPS) is 13.1. The van der Waals surface area contributed by atoms with Crippen LogP contribution < -0.4 is 10.1 Å².